The molecule has 246 valence electrons. The van der Waals surface area contributed by atoms with E-state index in [1.165, 1.54) is 0 Å². The number of hydrogen-bond donors (Lipinski definition) is 2. The molecule has 0 atom stereocenters. The second kappa shape index (κ2) is 15.0. The van der Waals surface area contributed by atoms with Crippen molar-refractivity contribution in [1.82, 2.24) is 9.80 Å². The average molecular weight is 764 g/mol. The molecule has 2 amide bonds. The fraction of sp³-hybridized carbons (Fsp3) is 0.500. The Bertz CT molecular complexity index is 1450. The number of aliphatic hydroxyl groups is 2. The Hall–Kier alpha value is -1.79. The summed E-state index contributed by atoms with van der Waals surface area (Å²) in [7, 11) is 1.80. The molecule has 0 aliphatic carbocycles. The number of rotatable bonds is 15. The molecular weight excluding hydrogens is 715 g/mol. The van der Waals surface area contributed by atoms with Gasteiger partial charge in [-0.3, -0.25) is 0 Å². The number of carbonyl (C=O) groups is 2. The number of fused-ring (bicyclic) bond motifs is 1. The van der Waals surface area contributed by atoms with E-state index in [0.29, 0.717) is 40.1 Å². The van der Waals surface area contributed by atoms with Gasteiger partial charge in [0.05, 0.1) is 6.61 Å². The van der Waals surface area contributed by atoms with Crippen LogP contribution in [0.3, 0.4) is 0 Å². The van der Waals surface area contributed by atoms with Crippen LogP contribution >= 0.6 is 20.7 Å². The van der Waals surface area contributed by atoms with Gasteiger partial charge in [-0.05, 0) is 0 Å². The molecule has 9 heteroatoms. The van der Waals surface area contributed by atoms with Crippen molar-refractivity contribution in [2.75, 3.05) is 23.4 Å². The molecular formula is C36H48IN2O4S2-. The topological polar surface area (TPSA) is 81.1 Å². The van der Waals surface area contributed by atoms with Gasteiger partial charge in [0, 0.05) is 10.6 Å². The predicted molar refractivity (Wildman–Crippen MR) is 183 cm³/mol. The first-order valence-electron chi connectivity index (χ1n) is 15.7. The van der Waals surface area contributed by atoms with E-state index in [1.807, 2.05) is 46.2 Å². The molecule has 0 saturated carbocycles. The van der Waals surface area contributed by atoms with Crippen molar-refractivity contribution in [2.45, 2.75) is 89.1 Å². The molecule has 0 aromatic heterocycles. The molecule has 0 radical (unpaired) electrons. The summed E-state index contributed by atoms with van der Waals surface area (Å²) < 4.78 is 0.834. The molecule has 0 saturated heterocycles. The van der Waals surface area contributed by atoms with E-state index >= 15 is 0 Å². The number of amides is 2. The molecule has 2 aliphatic rings. The first kappa shape index (κ1) is 36.1. The minimum atomic E-state index is -0.532. The summed E-state index contributed by atoms with van der Waals surface area (Å²) in [5.74, 6) is 1.06. The van der Waals surface area contributed by atoms with Crippen LogP contribution in [0.2, 0.25) is 0 Å². The zero-order valence-electron chi connectivity index (χ0n) is 27.8. The Morgan fingerprint density at radius 3 is 1.49 bits per heavy atom. The number of thioether (sulfide) groups is 1. The van der Waals surface area contributed by atoms with Crippen molar-refractivity contribution in [3.63, 3.8) is 0 Å². The number of nitrogens with zero attached hydrogens (tertiary/aromatic N) is 2. The molecule has 2 aliphatic heterocycles. The summed E-state index contributed by atoms with van der Waals surface area (Å²) in [6.45, 7) is 17.4. The van der Waals surface area contributed by atoms with Gasteiger partial charge in [-0.2, -0.15) is 0 Å². The van der Waals surface area contributed by atoms with Crippen LogP contribution < -0.4 is 19.8 Å². The van der Waals surface area contributed by atoms with E-state index < -0.39 is 11.1 Å². The number of benzene rings is 2. The van der Waals surface area contributed by atoms with Crippen LogP contribution in [0.15, 0.2) is 69.5 Å². The van der Waals surface area contributed by atoms with Crippen LogP contribution in [0.4, 0.5) is 0 Å². The molecule has 0 spiro atoms. The van der Waals surface area contributed by atoms with Crippen LogP contribution in [0.1, 0.15) is 79.4 Å². The monoisotopic (exact) mass is 763 g/mol. The summed E-state index contributed by atoms with van der Waals surface area (Å²) in [5.41, 5.74) is 3.02. The van der Waals surface area contributed by atoms with Gasteiger partial charge in [-0.1, -0.05) is 13.8 Å². The first-order chi connectivity index (χ1) is 21.2. The van der Waals surface area contributed by atoms with Crippen LogP contribution in [0, 0.1) is 11.8 Å². The molecule has 0 unspecified atom stereocenters. The molecule has 0 bridgehead atoms. The Labute approximate surface area is 286 Å². The first-order valence-corrected chi connectivity index (χ1v) is 21.6. The van der Waals surface area contributed by atoms with Gasteiger partial charge in [0.15, 0.2) is 0 Å². The van der Waals surface area contributed by atoms with Crippen molar-refractivity contribution >= 4 is 43.9 Å². The average Bonchev–Trinajstić information content (AvgIpc) is 3.44. The van der Waals surface area contributed by atoms with Crippen LogP contribution in [-0.4, -0.2) is 66.3 Å². The van der Waals surface area contributed by atoms with Crippen LogP contribution in [-0.2, 0) is 9.59 Å². The molecule has 0 fully saturated rings. The van der Waals surface area contributed by atoms with Crippen molar-refractivity contribution in [2.24, 2.45) is 11.8 Å². The van der Waals surface area contributed by atoms with Crippen molar-refractivity contribution in [3.05, 3.63) is 70.8 Å². The number of halogens is 1. The molecule has 2 N–H and O–H groups in total. The second-order valence-corrected chi connectivity index (χ2v) is 20.0. The third kappa shape index (κ3) is 7.86. The third-order valence-corrected chi connectivity index (χ3v) is 13.9. The number of aliphatic hydroxyl groups excluding tert-OH is 2. The second-order valence-electron chi connectivity index (χ2n) is 13.8. The van der Waals surface area contributed by atoms with E-state index in [-0.39, 0.29) is 44.8 Å². The summed E-state index contributed by atoms with van der Waals surface area (Å²) in [6.07, 6.45) is 1.56. The fourth-order valence-corrected chi connectivity index (χ4v) is 11.2. The van der Waals surface area contributed by atoms with Crippen molar-refractivity contribution in [3.8, 4) is 0 Å². The normalized spacial score (nSPS) is 16.0. The molecule has 45 heavy (non-hydrogen) atoms. The van der Waals surface area contributed by atoms with Gasteiger partial charge in [-0.25, -0.2) is 0 Å². The molecule has 2 heterocycles. The Balaban J connectivity index is 1.97. The van der Waals surface area contributed by atoms with Gasteiger partial charge >= 0.3 is 240 Å². The molecule has 2 aromatic rings. The summed E-state index contributed by atoms with van der Waals surface area (Å²) >= 11 is 1.38. The van der Waals surface area contributed by atoms with Gasteiger partial charge in [0.25, 0.3) is 0 Å². The van der Waals surface area contributed by atoms with E-state index in [1.54, 1.807) is 20.7 Å². The summed E-state index contributed by atoms with van der Waals surface area (Å²) in [4.78, 5) is 35.7. The SMILES string of the molecule is CC(C)CC(C)(C)N1C(=O)C2=C(c3ccc(S[I-]CCO)cc3)N(C(C)(C)CC(C)C)C(=O)C2=C1c1ccc(SCCO)cc1. The molecule has 4 rings (SSSR count). The third-order valence-electron chi connectivity index (χ3n) is 7.95. The minimum absolute atomic E-state index is 0.102. The standard InChI is InChI=1S/C36H48IN2O4S2/c1-23(2)21-35(5,6)38-31(25-9-13-27(14-10-25)44-20-19-41)29-30(34(38)43)32(39(33(29)42)36(7,8)22-24(3)4)26-11-15-28(16-12-26)45-37-17-18-40/h9-16,23-24,40-41H,17-22H2,1-8H3/q-1. The fourth-order valence-electron chi connectivity index (χ4n) is 6.86. The summed E-state index contributed by atoms with van der Waals surface area (Å²) in [5, 5.41) is 18.5. The van der Waals surface area contributed by atoms with E-state index in [0.717, 1.165) is 38.2 Å². The Kier molecular flexibility index (Phi) is 12.0. The van der Waals surface area contributed by atoms with Gasteiger partial charge in [0.1, 0.15) is 0 Å². The van der Waals surface area contributed by atoms with E-state index in [4.69, 9.17) is 0 Å². The summed E-state index contributed by atoms with van der Waals surface area (Å²) in [6, 6.07) is 16.3. The Morgan fingerprint density at radius 2 is 1.11 bits per heavy atom. The quantitative estimate of drug-likeness (QED) is 0.122. The molecule has 2 aromatic carbocycles. The predicted octanol–water partition coefficient (Wildman–Crippen LogP) is 4.32. The van der Waals surface area contributed by atoms with Gasteiger partial charge in [-0.15, -0.1) is 11.8 Å². The maximum absolute atomic E-state index is 14.9. The van der Waals surface area contributed by atoms with E-state index in [9.17, 15) is 19.8 Å². The number of hydrogen-bond acceptors (Lipinski definition) is 6. The zero-order valence-corrected chi connectivity index (χ0v) is 31.6. The van der Waals surface area contributed by atoms with Crippen molar-refractivity contribution in [1.29, 1.82) is 0 Å². The van der Waals surface area contributed by atoms with E-state index in [2.05, 4.69) is 67.5 Å². The van der Waals surface area contributed by atoms with Crippen LogP contribution in [0.5, 0.6) is 0 Å². The zero-order chi connectivity index (χ0) is 33.1. The number of alkyl halides is 1. The Morgan fingerprint density at radius 1 is 0.689 bits per heavy atom. The van der Waals surface area contributed by atoms with Crippen LogP contribution in [0.25, 0.3) is 11.4 Å². The van der Waals surface area contributed by atoms with Crippen molar-refractivity contribution < 1.29 is 39.6 Å². The van der Waals surface area contributed by atoms with Gasteiger partial charge < -0.3 is 5.11 Å². The maximum atomic E-state index is 14.9. The molecule has 6 nitrogen and oxygen atoms in total. The number of carbonyl (C=O) groups excluding carboxylic acids is 2. The van der Waals surface area contributed by atoms with Gasteiger partial charge in [0.2, 0.25) is 0 Å².